The van der Waals surface area contributed by atoms with E-state index in [0.717, 1.165) is 25.4 Å². The summed E-state index contributed by atoms with van der Waals surface area (Å²) in [6, 6.07) is 15.7. The lowest BCUT2D eigenvalue weighted by molar-refractivity contribution is 1.13. The SMILES string of the molecule is Nc1nc2ccccc2nc1Sc1cccc(Br)c1. The van der Waals surface area contributed by atoms with Crippen molar-refractivity contribution in [3.05, 3.63) is 53.0 Å². The second-order valence-electron chi connectivity index (χ2n) is 3.96. The summed E-state index contributed by atoms with van der Waals surface area (Å²) in [5.74, 6) is 0.462. The lowest BCUT2D eigenvalue weighted by Crippen LogP contribution is -1.97. The molecule has 0 bridgehead atoms. The number of para-hydroxylation sites is 2. The molecule has 0 radical (unpaired) electrons. The average molecular weight is 332 g/mol. The fourth-order valence-corrected chi connectivity index (χ4v) is 3.12. The van der Waals surface area contributed by atoms with Crippen LogP contribution in [0.2, 0.25) is 0 Å². The van der Waals surface area contributed by atoms with Crippen LogP contribution in [0.15, 0.2) is 62.9 Å². The lowest BCUT2D eigenvalue weighted by atomic mass is 10.3. The van der Waals surface area contributed by atoms with E-state index in [9.17, 15) is 0 Å². The second-order valence-corrected chi connectivity index (χ2v) is 5.94. The summed E-state index contributed by atoms with van der Waals surface area (Å²) in [7, 11) is 0. The quantitative estimate of drug-likeness (QED) is 0.767. The Balaban J connectivity index is 2.03. The molecular formula is C14H10BrN3S. The Hall–Kier alpha value is -1.59. The molecular weight excluding hydrogens is 322 g/mol. The molecule has 2 N–H and O–H groups in total. The van der Waals surface area contributed by atoms with Crippen LogP contribution in [0.4, 0.5) is 5.82 Å². The monoisotopic (exact) mass is 331 g/mol. The average Bonchev–Trinajstić information content (AvgIpc) is 2.40. The van der Waals surface area contributed by atoms with Crippen molar-refractivity contribution in [3.8, 4) is 0 Å². The molecule has 3 nitrogen and oxygen atoms in total. The van der Waals surface area contributed by atoms with Crippen molar-refractivity contribution >= 4 is 44.5 Å². The van der Waals surface area contributed by atoms with E-state index in [1.54, 1.807) is 0 Å². The Kier molecular flexibility index (Phi) is 3.40. The number of hydrogen-bond donors (Lipinski definition) is 1. The minimum Gasteiger partial charge on any atom is -0.381 e. The number of fused-ring (bicyclic) bond motifs is 1. The van der Waals surface area contributed by atoms with Crippen LogP contribution in [0.1, 0.15) is 0 Å². The van der Waals surface area contributed by atoms with Crippen LogP contribution in [0.5, 0.6) is 0 Å². The molecule has 0 saturated carbocycles. The van der Waals surface area contributed by atoms with Crippen molar-refractivity contribution in [3.63, 3.8) is 0 Å². The molecule has 5 heteroatoms. The van der Waals surface area contributed by atoms with E-state index in [2.05, 4.69) is 25.9 Å². The van der Waals surface area contributed by atoms with Gasteiger partial charge in [0.2, 0.25) is 0 Å². The van der Waals surface area contributed by atoms with Gasteiger partial charge in [-0.1, -0.05) is 45.9 Å². The third-order valence-electron chi connectivity index (χ3n) is 2.57. The predicted octanol–water partition coefficient (Wildman–Crippen LogP) is 4.13. The Bertz CT molecular complexity index is 746. The molecule has 0 unspecified atom stereocenters. The molecule has 2 aromatic carbocycles. The van der Waals surface area contributed by atoms with Gasteiger partial charge in [0.05, 0.1) is 11.0 Å². The van der Waals surface area contributed by atoms with Crippen molar-refractivity contribution in [2.75, 3.05) is 5.73 Å². The normalized spacial score (nSPS) is 10.8. The van der Waals surface area contributed by atoms with E-state index >= 15 is 0 Å². The molecule has 1 heterocycles. The van der Waals surface area contributed by atoms with Gasteiger partial charge in [-0.15, -0.1) is 0 Å². The predicted molar refractivity (Wildman–Crippen MR) is 82.2 cm³/mol. The Morgan fingerprint density at radius 3 is 2.42 bits per heavy atom. The standard InChI is InChI=1S/C14H10BrN3S/c15-9-4-3-5-10(8-9)19-14-13(16)17-11-6-1-2-7-12(11)18-14/h1-8H,(H2,16,17). The highest BCUT2D eigenvalue weighted by atomic mass is 79.9. The van der Waals surface area contributed by atoms with Crippen molar-refractivity contribution in [1.29, 1.82) is 0 Å². The summed E-state index contributed by atoms with van der Waals surface area (Å²) in [6.07, 6.45) is 0. The van der Waals surface area contributed by atoms with E-state index in [1.165, 1.54) is 11.8 Å². The summed E-state index contributed by atoms with van der Waals surface area (Å²) >= 11 is 4.97. The van der Waals surface area contributed by atoms with Crippen LogP contribution < -0.4 is 5.73 Å². The van der Waals surface area contributed by atoms with Crippen LogP contribution in [-0.2, 0) is 0 Å². The Morgan fingerprint density at radius 1 is 0.947 bits per heavy atom. The van der Waals surface area contributed by atoms with E-state index in [1.807, 2.05) is 48.5 Å². The molecule has 0 atom stereocenters. The molecule has 3 rings (SSSR count). The number of aromatic nitrogens is 2. The Morgan fingerprint density at radius 2 is 1.68 bits per heavy atom. The highest BCUT2D eigenvalue weighted by Gasteiger charge is 2.07. The van der Waals surface area contributed by atoms with Crippen molar-refractivity contribution in [1.82, 2.24) is 9.97 Å². The van der Waals surface area contributed by atoms with Crippen LogP contribution in [-0.4, -0.2) is 9.97 Å². The highest BCUT2D eigenvalue weighted by molar-refractivity contribution is 9.10. The van der Waals surface area contributed by atoms with Gasteiger partial charge in [0, 0.05) is 9.37 Å². The van der Waals surface area contributed by atoms with Crippen molar-refractivity contribution < 1.29 is 0 Å². The number of rotatable bonds is 2. The number of anilines is 1. The largest absolute Gasteiger partial charge is 0.381 e. The van der Waals surface area contributed by atoms with Crippen LogP contribution in [0.3, 0.4) is 0 Å². The topological polar surface area (TPSA) is 51.8 Å². The molecule has 1 aromatic heterocycles. The number of halogens is 1. The maximum absolute atomic E-state index is 5.97. The zero-order chi connectivity index (χ0) is 13.2. The van der Waals surface area contributed by atoms with Crippen molar-refractivity contribution in [2.24, 2.45) is 0 Å². The maximum atomic E-state index is 5.97. The van der Waals surface area contributed by atoms with Gasteiger partial charge in [0.1, 0.15) is 5.03 Å². The smallest absolute Gasteiger partial charge is 0.157 e. The van der Waals surface area contributed by atoms with E-state index in [0.29, 0.717) is 5.82 Å². The summed E-state index contributed by atoms with van der Waals surface area (Å²) in [5.41, 5.74) is 7.64. The van der Waals surface area contributed by atoms with Gasteiger partial charge in [-0.3, -0.25) is 0 Å². The molecule has 0 saturated heterocycles. The van der Waals surface area contributed by atoms with Gasteiger partial charge in [0.15, 0.2) is 5.82 Å². The number of hydrogen-bond acceptors (Lipinski definition) is 4. The molecule has 0 aliphatic heterocycles. The lowest BCUT2D eigenvalue weighted by Gasteiger charge is -2.06. The summed E-state index contributed by atoms with van der Waals surface area (Å²) in [6.45, 7) is 0. The third kappa shape index (κ3) is 2.72. The fourth-order valence-electron chi connectivity index (χ4n) is 1.71. The van der Waals surface area contributed by atoms with Gasteiger partial charge in [-0.2, -0.15) is 0 Å². The summed E-state index contributed by atoms with van der Waals surface area (Å²) in [4.78, 5) is 10.0. The molecule has 19 heavy (non-hydrogen) atoms. The number of nitrogens with two attached hydrogens (primary N) is 1. The fraction of sp³-hybridized carbons (Fsp3) is 0. The van der Waals surface area contributed by atoms with Crippen LogP contribution >= 0.6 is 27.7 Å². The van der Waals surface area contributed by atoms with E-state index in [-0.39, 0.29) is 0 Å². The first-order valence-corrected chi connectivity index (χ1v) is 7.29. The first-order valence-electron chi connectivity index (χ1n) is 5.68. The number of nitrogen functional groups attached to an aromatic ring is 1. The summed E-state index contributed by atoms with van der Waals surface area (Å²) < 4.78 is 1.03. The van der Waals surface area contributed by atoms with Gasteiger partial charge < -0.3 is 5.73 Å². The zero-order valence-electron chi connectivity index (χ0n) is 9.88. The number of nitrogens with zero attached hydrogens (tertiary/aromatic N) is 2. The molecule has 0 aliphatic carbocycles. The Labute approximate surface area is 123 Å². The third-order valence-corrected chi connectivity index (χ3v) is 4.05. The first-order chi connectivity index (χ1) is 9.22. The second kappa shape index (κ2) is 5.19. The van der Waals surface area contributed by atoms with Gasteiger partial charge in [0.25, 0.3) is 0 Å². The zero-order valence-corrected chi connectivity index (χ0v) is 12.3. The minimum absolute atomic E-state index is 0.462. The first kappa shape index (κ1) is 12.4. The molecule has 0 fully saturated rings. The molecule has 3 aromatic rings. The van der Waals surface area contributed by atoms with Crippen LogP contribution in [0, 0.1) is 0 Å². The van der Waals surface area contributed by atoms with Crippen molar-refractivity contribution in [2.45, 2.75) is 9.92 Å². The molecule has 0 amide bonds. The van der Waals surface area contributed by atoms with Gasteiger partial charge >= 0.3 is 0 Å². The highest BCUT2D eigenvalue weighted by Crippen LogP contribution is 2.32. The van der Waals surface area contributed by atoms with Crippen LogP contribution in [0.25, 0.3) is 11.0 Å². The number of benzene rings is 2. The van der Waals surface area contributed by atoms with E-state index < -0.39 is 0 Å². The minimum atomic E-state index is 0.462. The molecule has 0 aliphatic rings. The maximum Gasteiger partial charge on any atom is 0.157 e. The van der Waals surface area contributed by atoms with Gasteiger partial charge in [-0.05, 0) is 30.3 Å². The molecule has 94 valence electrons. The van der Waals surface area contributed by atoms with Gasteiger partial charge in [-0.25, -0.2) is 9.97 Å². The molecule has 0 spiro atoms. The summed E-state index contributed by atoms with van der Waals surface area (Å²) in [5, 5.41) is 0.733. The van der Waals surface area contributed by atoms with E-state index in [4.69, 9.17) is 5.73 Å².